The topological polar surface area (TPSA) is 57.6 Å². The molecule has 0 aliphatic carbocycles. The third kappa shape index (κ3) is 4.47. The summed E-state index contributed by atoms with van der Waals surface area (Å²) >= 11 is 0. The number of benzene rings is 1. The van der Waals surface area contributed by atoms with Gasteiger partial charge in [-0.25, -0.2) is 13.2 Å². The second-order valence-electron chi connectivity index (χ2n) is 4.84. The van der Waals surface area contributed by atoms with Crippen LogP contribution in [0.2, 0.25) is 0 Å². The first kappa shape index (κ1) is 17.0. The highest BCUT2D eigenvalue weighted by Gasteiger charge is 2.22. The van der Waals surface area contributed by atoms with E-state index >= 15 is 0 Å². The van der Waals surface area contributed by atoms with E-state index in [0.717, 1.165) is 0 Å². The van der Waals surface area contributed by atoms with Crippen molar-refractivity contribution in [3.63, 3.8) is 0 Å². The second-order valence-corrected chi connectivity index (χ2v) is 4.84. The molecule has 1 aromatic rings. The van der Waals surface area contributed by atoms with Crippen molar-refractivity contribution in [1.82, 2.24) is 4.90 Å². The summed E-state index contributed by atoms with van der Waals surface area (Å²) in [5, 5.41) is 8.58. The smallest absolute Gasteiger partial charge is 0.303 e. The van der Waals surface area contributed by atoms with Crippen molar-refractivity contribution >= 4 is 11.9 Å². The molecule has 0 saturated heterocycles. The molecule has 7 heteroatoms. The molecule has 0 saturated carbocycles. The van der Waals surface area contributed by atoms with Crippen LogP contribution >= 0.6 is 0 Å². The summed E-state index contributed by atoms with van der Waals surface area (Å²) in [5.41, 5.74) is -0.310. The van der Waals surface area contributed by atoms with E-state index in [1.807, 2.05) is 0 Å². The summed E-state index contributed by atoms with van der Waals surface area (Å²) in [6.07, 6.45) is 0.0913. The van der Waals surface area contributed by atoms with Gasteiger partial charge in [0.25, 0.3) is 5.91 Å². The maximum absolute atomic E-state index is 13.2. The lowest BCUT2D eigenvalue weighted by molar-refractivity contribution is -0.137. The van der Waals surface area contributed by atoms with Crippen LogP contribution in [-0.4, -0.2) is 34.5 Å². The molecule has 0 heterocycles. The molecule has 1 rings (SSSR count). The van der Waals surface area contributed by atoms with Crippen molar-refractivity contribution in [3.05, 3.63) is 35.1 Å². The Kier molecular flexibility index (Phi) is 5.75. The molecule has 116 valence electrons. The van der Waals surface area contributed by atoms with Gasteiger partial charge in [0.2, 0.25) is 0 Å². The van der Waals surface area contributed by atoms with Gasteiger partial charge in [0.1, 0.15) is 0 Å². The summed E-state index contributed by atoms with van der Waals surface area (Å²) < 4.78 is 39.2. The molecule has 1 N–H and O–H groups in total. The van der Waals surface area contributed by atoms with Crippen molar-refractivity contribution < 1.29 is 27.9 Å². The zero-order chi connectivity index (χ0) is 16.2. The van der Waals surface area contributed by atoms with Crippen LogP contribution < -0.4 is 0 Å². The number of halogens is 3. The Morgan fingerprint density at radius 3 is 2.14 bits per heavy atom. The fraction of sp³-hybridized carbons (Fsp3) is 0.429. The van der Waals surface area contributed by atoms with Gasteiger partial charge < -0.3 is 10.0 Å². The molecule has 0 spiro atoms. The number of rotatable bonds is 6. The lowest BCUT2D eigenvalue weighted by Gasteiger charge is -2.26. The van der Waals surface area contributed by atoms with Gasteiger partial charge in [0.15, 0.2) is 17.5 Å². The maximum Gasteiger partial charge on any atom is 0.303 e. The highest BCUT2D eigenvalue weighted by Crippen LogP contribution is 2.16. The van der Waals surface area contributed by atoms with Crippen LogP contribution in [0.4, 0.5) is 13.2 Å². The van der Waals surface area contributed by atoms with Crippen LogP contribution in [0.25, 0.3) is 0 Å². The summed E-state index contributed by atoms with van der Waals surface area (Å²) in [4.78, 5) is 24.0. The third-order valence-electron chi connectivity index (χ3n) is 2.90. The van der Waals surface area contributed by atoms with Crippen molar-refractivity contribution in [1.29, 1.82) is 0 Å². The number of carboxylic acid groups (broad SMARTS) is 1. The Labute approximate surface area is 120 Å². The van der Waals surface area contributed by atoms with Gasteiger partial charge >= 0.3 is 5.97 Å². The lowest BCUT2D eigenvalue weighted by Crippen LogP contribution is -2.38. The van der Waals surface area contributed by atoms with E-state index in [1.165, 1.54) is 4.90 Å². The molecule has 21 heavy (non-hydrogen) atoms. The first-order valence-electron chi connectivity index (χ1n) is 6.41. The van der Waals surface area contributed by atoms with Crippen LogP contribution in [0, 0.1) is 17.5 Å². The zero-order valence-electron chi connectivity index (χ0n) is 11.7. The van der Waals surface area contributed by atoms with E-state index in [-0.39, 0.29) is 31.0 Å². The van der Waals surface area contributed by atoms with Crippen molar-refractivity contribution in [2.24, 2.45) is 0 Å². The Hall–Kier alpha value is -2.05. The predicted molar refractivity (Wildman–Crippen MR) is 69.4 cm³/mol. The van der Waals surface area contributed by atoms with E-state index in [4.69, 9.17) is 5.11 Å². The quantitative estimate of drug-likeness (QED) is 0.822. The number of aliphatic carboxylic acids is 1. The number of carbonyl (C=O) groups is 2. The summed E-state index contributed by atoms with van der Waals surface area (Å²) in [5.74, 6) is -6.17. The minimum absolute atomic E-state index is 0.122. The average molecular weight is 303 g/mol. The summed E-state index contributed by atoms with van der Waals surface area (Å²) in [6.45, 7) is 3.51. The fourth-order valence-corrected chi connectivity index (χ4v) is 1.84. The summed E-state index contributed by atoms with van der Waals surface area (Å²) in [6, 6.07) is 0.975. The van der Waals surface area contributed by atoms with E-state index in [2.05, 4.69) is 0 Å². The van der Waals surface area contributed by atoms with Gasteiger partial charge in [-0.2, -0.15) is 0 Å². The molecule has 0 unspecified atom stereocenters. The molecular formula is C14H16F3NO3. The normalized spacial score (nSPS) is 10.8. The standard InChI is InChI=1S/C14H16F3NO3/c1-8(2)18(5-3-4-12(19)20)14(21)9-6-10(15)13(17)11(16)7-9/h6-8H,3-5H2,1-2H3,(H,19,20). The largest absolute Gasteiger partial charge is 0.481 e. The Bertz CT molecular complexity index is 523. The number of amides is 1. The van der Waals surface area contributed by atoms with Crippen LogP contribution in [0.15, 0.2) is 12.1 Å². The van der Waals surface area contributed by atoms with Crippen molar-refractivity contribution in [2.75, 3.05) is 6.54 Å². The first-order chi connectivity index (χ1) is 9.73. The highest BCUT2D eigenvalue weighted by molar-refractivity contribution is 5.94. The molecular weight excluding hydrogens is 287 g/mol. The monoisotopic (exact) mass is 303 g/mol. The fourth-order valence-electron chi connectivity index (χ4n) is 1.84. The molecule has 0 aromatic heterocycles. The van der Waals surface area contributed by atoms with Gasteiger partial charge in [0, 0.05) is 24.6 Å². The Morgan fingerprint density at radius 1 is 1.19 bits per heavy atom. The van der Waals surface area contributed by atoms with E-state index in [1.54, 1.807) is 13.8 Å². The van der Waals surface area contributed by atoms with Crippen LogP contribution in [-0.2, 0) is 4.79 Å². The van der Waals surface area contributed by atoms with Crippen LogP contribution in [0.1, 0.15) is 37.0 Å². The van der Waals surface area contributed by atoms with Gasteiger partial charge in [0.05, 0.1) is 0 Å². The molecule has 0 radical (unpaired) electrons. The predicted octanol–water partition coefficient (Wildman–Crippen LogP) is 2.82. The van der Waals surface area contributed by atoms with Crippen molar-refractivity contribution in [2.45, 2.75) is 32.7 Å². The lowest BCUT2D eigenvalue weighted by atomic mass is 10.1. The highest BCUT2D eigenvalue weighted by atomic mass is 19.2. The van der Waals surface area contributed by atoms with Gasteiger partial charge in [-0.1, -0.05) is 0 Å². The minimum atomic E-state index is -1.63. The van der Waals surface area contributed by atoms with E-state index in [0.29, 0.717) is 12.1 Å². The molecule has 1 amide bonds. The molecule has 0 aliphatic rings. The van der Waals surface area contributed by atoms with Crippen molar-refractivity contribution in [3.8, 4) is 0 Å². The van der Waals surface area contributed by atoms with E-state index < -0.39 is 29.3 Å². The molecule has 0 bridgehead atoms. The average Bonchev–Trinajstić information content (AvgIpc) is 2.39. The third-order valence-corrected chi connectivity index (χ3v) is 2.90. The number of nitrogens with zero attached hydrogens (tertiary/aromatic N) is 1. The van der Waals surface area contributed by atoms with Crippen LogP contribution in [0.3, 0.4) is 0 Å². The zero-order valence-corrected chi connectivity index (χ0v) is 11.7. The first-order valence-corrected chi connectivity index (χ1v) is 6.41. The van der Waals surface area contributed by atoms with Gasteiger partial charge in [-0.3, -0.25) is 9.59 Å². The van der Waals surface area contributed by atoms with E-state index in [9.17, 15) is 22.8 Å². The molecule has 0 aliphatic heterocycles. The number of carbonyl (C=O) groups excluding carboxylic acids is 1. The Balaban J connectivity index is 2.93. The number of carboxylic acids is 1. The molecule has 0 atom stereocenters. The second kappa shape index (κ2) is 7.10. The van der Waals surface area contributed by atoms with Crippen LogP contribution in [0.5, 0.6) is 0 Å². The Morgan fingerprint density at radius 2 is 1.71 bits per heavy atom. The SMILES string of the molecule is CC(C)N(CCCC(=O)O)C(=O)c1cc(F)c(F)c(F)c1. The summed E-state index contributed by atoms with van der Waals surface area (Å²) in [7, 11) is 0. The molecule has 0 fully saturated rings. The number of hydrogen-bond donors (Lipinski definition) is 1. The van der Waals surface area contributed by atoms with Gasteiger partial charge in [-0.05, 0) is 32.4 Å². The maximum atomic E-state index is 13.2. The van der Waals surface area contributed by atoms with Gasteiger partial charge in [-0.15, -0.1) is 0 Å². The molecule has 1 aromatic carbocycles. The molecule has 4 nitrogen and oxygen atoms in total. The number of hydrogen-bond acceptors (Lipinski definition) is 2. The minimum Gasteiger partial charge on any atom is -0.481 e.